The molecule has 0 bridgehead atoms. The minimum Gasteiger partial charge on any atom is -0.508 e. The molecule has 2 heteroatoms. The number of fused-ring (bicyclic) bond motifs is 4. The first-order valence-corrected chi connectivity index (χ1v) is 8.59. The molecule has 0 radical (unpaired) electrons. The molecule has 3 aliphatic rings. The third-order valence-corrected chi connectivity index (χ3v) is 6.55. The molecular formula is C21H26O2. The van der Waals surface area contributed by atoms with Gasteiger partial charge in [-0.25, -0.2) is 0 Å². The van der Waals surface area contributed by atoms with Crippen LogP contribution in [-0.2, 0) is 10.8 Å². The zero-order valence-electron chi connectivity index (χ0n) is 14.4. The second kappa shape index (κ2) is 4.23. The number of benzene rings is 1. The Morgan fingerprint density at radius 1 is 0.957 bits per heavy atom. The molecule has 4 rings (SSSR count). The number of phenolic OH excluding ortho intramolecular Hbond substituents is 1. The maximum absolute atomic E-state index is 10.1. The molecule has 1 saturated carbocycles. The maximum atomic E-state index is 10.1. The van der Waals surface area contributed by atoms with Gasteiger partial charge in [-0.3, -0.25) is 0 Å². The average Bonchev–Trinajstić information content (AvgIpc) is 2.78. The summed E-state index contributed by atoms with van der Waals surface area (Å²) >= 11 is 0. The van der Waals surface area contributed by atoms with E-state index in [1.54, 1.807) is 0 Å². The first-order valence-electron chi connectivity index (χ1n) is 8.59. The highest BCUT2D eigenvalue weighted by molar-refractivity contribution is 5.52. The number of aromatic hydroxyl groups is 1. The molecule has 0 aromatic heterocycles. The summed E-state index contributed by atoms with van der Waals surface area (Å²) in [4.78, 5) is 0. The lowest BCUT2D eigenvalue weighted by Crippen LogP contribution is -2.32. The topological polar surface area (TPSA) is 40.5 Å². The minimum atomic E-state index is 0.00444. The van der Waals surface area contributed by atoms with Gasteiger partial charge in [0.25, 0.3) is 0 Å². The van der Waals surface area contributed by atoms with Crippen molar-refractivity contribution in [3.63, 3.8) is 0 Å². The van der Waals surface area contributed by atoms with Crippen molar-refractivity contribution in [3.8, 4) is 5.75 Å². The van der Waals surface area contributed by atoms with Crippen molar-refractivity contribution in [2.24, 2.45) is 17.3 Å². The van der Waals surface area contributed by atoms with Crippen LogP contribution in [0.25, 0.3) is 0 Å². The molecule has 1 fully saturated rings. The highest BCUT2D eigenvalue weighted by atomic mass is 16.3. The second-order valence-corrected chi connectivity index (χ2v) is 9.11. The van der Waals surface area contributed by atoms with Crippen molar-refractivity contribution in [2.75, 3.05) is 0 Å². The minimum absolute atomic E-state index is 0.00444. The fourth-order valence-electron chi connectivity index (χ4n) is 5.93. The maximum Gasteiger partial charge on any atom is 0.115 e. The van der Waals surface area contributed by atoms with Crippen LogP contribution in [-0.4, -0.2) is 10.2 Å². The van der Waals surface area contributed by atoms with E-state index in [-0.39, 0.29) is 16.2 Å². The molecule has 0 heterocycles. The third-order valence-electron chi connectivity index (χ3n) is 6.55. The van der Waals surface area contributed by atoms with E-state index in [1.807, 2.05) is 18.2 Å². The molecule has 1 spiro atoms. The Morgan fingerprint density at radius 2 is 1.70 bits per heavy atom. The summed E-state index contributed by atoms with van der Waals surface area (Å²) in [7, 11) is 0. The van der Waals surface area contributed by atoms with Crippen molar-refractivity contribution in [3.05, 3.63) is 53.3 Å². The van der Waals surface area contributed by atoms with E-state index >= 15 is 0 Å². The first kappa shape index (κ1) is 14.9. The summed E-state index contributed by atoms with van der Waals surface area (Å²) in [6, 6.07) is 5.89. The van der Waals surface area contributed by atoms with Gasteiger partial charge in [0.2, 0.25) is 0 Å². The number of hydrogen-bond acceptors (Lipinski definition) is 2. The van der Waals surface area contributed by atoms with E-state index in [4.69, 9.17) is 0 Å². The SMILES string of the molecule is CC1(C)C[C@@]2(CC(C)(C)C3C=CC(O)=CC32)c2cc(O)ccc21. The van der Waals surface area contributed by atoms with Gasteiger partial charge in [-0.05, 0) is 70.9 Å². The Balaban J connectivity index is 1.96. The van der Waals surface area contributed by atoms with E-state index in [2.05, 4.69) is 45.9 Å². The summed E-state index contributed by atoms with van der Waals surface area (Å²) in [6.45, 7) is 9.29. The number of phenols is 1. The molecule has 2 nitrogen and oxygen atoms in total. The van der Waals surface area contributed by atoms with Gasteiger partial charge in [-0.1, -0.05) is 39.8 Å². The molecule has 2 N–H and O–H groups in total. The number of aliphatic hydroxyl groups excluding tert-OH is 1. The van der Waals surface area contributed by atoms with E-state index < -0.39 is 0 Å². The lowest BCUT2D eigenvalue weighted by molar-refractivity contribution is 0.280. The van der Waals surface area contributed by atoms with Gasteiger partial charge >= 0.3 is 0 Å². The summed E-state index contributed by atoms with van der Waals surface area (Å²) in [5.74, 6) is 1.46. The molecule has 0 aliphatic heterocycles. The van der Waals surface area contributed by atoms with E-state index in [9.17, 15) is 10.2 Å². The number of rotatable bonds is 0. The van der Waals surface area contributed by atoms with E-state index in [0.29, 0.717) is 23.3 Å². The molecule has 23 heavy (non-hydrogen) atoms. The van der Waals surface area contributed by atoms with Crippen molar-refractivity contribution >= 4 is 0 Å². The standard InChI is InChI=1S/C21H26O2/c1-19(2)11-21(17-9-13(22)5-7-15(17)19)12-20(3,4)16-8-6-14(23)10-18(16)21/h5-10,15,17,22-23H,11-12H2,1-4H3/t15?,17?,21-/m1/s1. The summed E-state index contributed by atoms with van der Waals surface area (Å²) < 4.78 is 0. The van der Waals surface area contributed by atoms with E-state index in [0.717, 1.165) is 12.8 Å². The van der Waals surface area contributed by atoms with Crippen LogP contribution in [0.5, 0.6) is 5.75 Å². The van der Waals surface area contributed by atoms with Gasteiger partial charge < -0.3 is 10.2 Å². The average molecular weight is 310 g/mol. The monoisotopic (exact) mass is 310 g/mol. The van der Waals surface area contributed by atoms with Crippen LogP contribution in [0.1, 0.15) is 51.7 Å². The zero-order chi connectivity index (χ0) is 16.6. The van der Waals surface area contributed by atoms with Crippen LogP contribution in [0.4, 0.5) is 0 Å². The van der Waals surface area contributed by atoms with Gasteiger partial charge in [0, 0.05) is 5.41 Å². The largest absolute Gasteiger partial charge is 0.508 e. The summed E-state index contributed by atoms with van der Waals surface area (Å²) in [5, 5.41) is 20.2. The quantitative estimate of drug-likeness (QED) is 0.709. The van der Waals surface area contributed by atoms with Gasteiger partial charge in [0.1, 0.15) is 11.5 Å². The molecule has 0 saturated heterocycles. The van der Waals surface area contributed by atoms with Crippen LogP contribution in [0.3, 0.4) is 0 Å². The van der Waals surface area contributed by atoms with Crippen molar-refractivity contribution < 1.29 is 10.2 Å². The van der Waals surface area contributed by atoms with Crippen molar-refractivity contribution in [1.82, 2.24) is 0 Å². The van der Waals surface area contributed by atoms with Crippen LogP contribution in [0.15, 0.2) is 42.2 Å². The second-order valence-electron chi connectivity index (χ2n) is 9.11. The van der Waals surface area contributed by atoms with Crippen molar-refractivity contribution in [1.29, 1.82) is 0 Å². The molecule has 2 unspecified atom stereocenters. The van der Waals surface area contributed by atoms with Crippen LogP contribution in [0, 0.1) is 17.3 Å². The highest BCUT2D eigenvalue weighted by Crippen LogP contribution is 2.67. The molecule has 3 atom stereocenters. The smallest absolute Gasteiger partial charge is 0.115 e. The number of allylic oxidation sites excluding steroid dienone is 3. The predicted octanol–water partition coefficient (Wildman–Crippen LogP) is 4.99. The molecule has 3 aliphatic carbocycles. The summed E-state index contributed by atoms with van der Waals surface area (Å²) in [6.07, 6.45) is 8.27. The lowest BCUT2D eigenvalue weighted by Gasteiger charge is -2.35. The van der Waals surface area contributed by atoms with Crippen LogP contribution in [0.2, 0.25) is 0 Å². The number of aliphatic hydroxyl groups is 1. The Hall–Kier alpha value is -1.70. The molecule has 122 valence electrons. The van der Waals surface area contributed by atoms with E-state index in [1.165, 1.54) is 11.1 Å². The molecule has 1 aromatic rings. The Morgan fingerprint density at radius 3 is 2.43 bits per heavy atom. The Bertz CT molecular complexity index is 738. The van der Waals surface area contributed by atoms with Gasteiger partial charge in [-0.15, -0.1) is 0 Å². The molecular weight excluding hydrogens is 284 g/mol. The highest BCUT2D eigenvalue weighted by Gasteiger charge is 2.61. The fraction of sp³-hybridized carbons (Fsp3) is 0.524. The Kier molecular flexibility index (Phi) is 2.73. The normalized spacial score (nSPS) is 35.9. The fourth-order valence-corrected chi connectivity index (χ4v) is 5.93. The van der Waals surface area contributed by atoms with Crippen LogP contribution >= 0.6 is 0 Å². The van der Waals surface area contributed by atoms with Crippen LogP contribution < -0.4 is 0 Å². The first-order chi connectivity index (χ1) is 10.7. The predicted molar refractivity (Wildman–Crippen MR) is 92.7 cm³/mol. The lowest BCUT2D eigenvalue weighted by atomic mass is 9.68. The van der Waals surface area contributed by atoms with Crippen molar-refractivity contribution in [2.45, 2.75) is 51.4 Å². The van der Waals surface area contributed by atoms with Gasteiger partial charge in [0.15, 0.2) is 0 Å². The number of hydrogen-bond donors (Lipinski definition) is 2. The molecule has 0 amide bonds. The zero-order valence-corrected chi connectivity index (χ0v) is 14.4. The van der Waals surface area contributed by atoms with Gasteiger partial charge in [-0.2, -0.15) is 0 Å². The summed E-state index contributed by atoms with van der Waals surface area (Å²) in [5.41, 5.74) is 2.93. The van der Waals surface area contributed by atoms with Gasteiger partial charge in [0.05, 0.1) is 0 Å². The Labute approximate surface area is 138 Å². The third kappa shape index (κ3) is 1.87. The molecule has 1 aromatic carbocycles.